The Morgan fingerprint density at radius 2 is 1.89 bits per heavy atom. The molecule has 0 aliphatic rings. The second-order valence-electron chi connectivity index (χ2n) is 5.03. The number of aryl methyl sites for hydroxylation is 1. The van der Waals surface area contributed by atoms with Gasteiger partial charge in [-0.1, -0.05) is 19.9 Å². The first-order valence-corrected chi connectivity index (χ1v) is 7.00. The van der Waals surface area contributed by atoms with Crippen molar-refractivity contribution < 1.29 is 9.53 Å². The van der Waals surface area contributed by atoms with Crippen LogP contribution in [-0.2, 0) is 4.79 Å². The summed E-state index contributed by atoms with van der Waals surface area (Å²) in [6, 6.07) is 6.03. The lowest BCUT2D eigenvalue weighted by molar-refractivity contribution is -0.132. The van der Waals surface area contributed by atoms with Gasteiger partial charge in [-0.25, -0.2) is 0 Å². The fourth-order valence-electron chi connectivity index (χ4n) is 2.20. The first-order valence-electron chi connectivity index (χ1n) is 7.00. The van der Waals surface area contributed by atoms with E-state index in [4.69, 9.17) is 4.74 Å². The lowest BCUT2D eigenvalue weighted by Crippen LogP contribution is -2.34. The van der Waals surface area contributed by atoms with E-state index >= 15 is 0 Å². The van der Waals surface area contributed by atoms with Crippen molar-refractivity contribution in [1.82, 2.24) is 4.90 Å². The molecule has 3 heteroatoms. The zero-order chi connectivity index (χ0) is 14.4. The van der Waals surface area contributed by atoms with Crippen molar-refractivity contribution in [3.8, 4) is 5.75 Å². The summed E-state index contributed by atoms with van der Waals surface area (Å²) in [5, 5.41) is 0. The maximum Gasteiger partial charge on any atom is 0.260 e. The van der Waals surface area contributed by atoms with E-state index in [1.807, 2.05) is 26.0 Å². The van der Waals surface area contributed by atoms with Gasteiger partial charge in [-0.05, 0) is 49.9 Å². The lowest BCUT2D eigenvalue weighted by atomic mass is 9.98. The quantitative estimate of drug-likeness (QED) is 0.787. The number of likely N-dealkylation sites (N-methyl/N-ethyl adjacent to an activating group) is 1. The summed E-state index contributed by atoms with van der Waals surface area (Å²) in [5.41, 5.74) is 2.53. The molecule has 1 rings (SSSR count). The molecule has 0 aliphatic carbocycles. The molecule has 1 amide bonds. The second kappa shape index (κ2) is 7.17. The van der Waals surface area contributed by atoms with Crippen LogP contribution in [0.3, 0.4) is 0 Å². The number of carbonyl (C=O) groups excluding carboxylic acids is 1. The van der Waals surface area contributed by atoms with E-state index in [9.17, 15) is 4.79 Å². The van der Waals surface area contributed by atoms with E-state index in [0.717, 1.165) is 18.8 Å². The molecule has 3 nitrogen and oxygen atoms in total. The molecular formula is C16H25NO2. The second-order valence-corrected chi connectivity index (χ2v) is 5.03. The summed E-state index contributed by atoms with van der Waals surface area (Å²) in [7, 11) is 0. The van der Waals surface area contributed by atoms with Crippen molar-refractivity contribution in [2.45, 2.75) is 40.5 Å². The molecule has 106 valence electrons. The van der Waals surface area contributed by atoms with Crippen LogP contribution < -0.4 is 4.74 Å². The van der Waals surface area contributed by atoms with Gasteiger partial charge in [0.2, 0.25) is 0 Å². The number of hydrogen-bond acceptors (Lipinski definition) is 2. The van der Waals surface area contributed by atoms with Crippen LogP contribution in [0.5, 0.6) is 5.75 Å². The fourth-order valence-corrected chi connectivity index (χ4v) is 2.20. The molecule has 0 bridgehead atoms. The average Bonchev–Trinajstić information content (AvgIpc) is 2.37. The van der Waals surface area contributed by atoms with Crippen LogP contribution >= 0.6 is 0 Å². The third-order valence-corrected chi connectivity index (χ3v) is 3.34. The summed E-state index contributed by atoms with van der Waals surface area (Å²) < 4.78 is 5.58. The Balaban J connectivity index is 2.64. The average molecular weight is 263 g/mol. The Kier molecular flexibility index (Phi) is 5.87. The molecule has 0 heterocycles. The molecule has 0 spiro atoms. The highest BCUT2D eigenvalue weighted by molar-refractivity contribution is 5.77. The Morgan fingerprint density at radius 3 is 2.37 bits per heavy atom. The summed E-state index contributed by atoms with van der Waals surface area (Å²) in [6.45, 7) is 11.9. The van der Waals surface area contributed by atoms with Crippen LogP contribution in [-0.4, -0.2) is 30.5 Å². The van der Waals surface area contributed by atoms with Gasteiger partial charge in [0, 0.05) is 13.1 Å². The van der Waals surface area contributed by atoms with E-state index in [-0.39, 0.29) is 12.5 Å². The van der Waals surface area contributed by atoms with Crippen LogP contribution in [0.1, 0.15) is 44.7 Å². The minimum Gasteiger partial charge on any atom is -0.484 e. The Labute approximate surface area is 116 Å². The van der Waals surface area contributed by atoms with Crippen molar-refractivity contribution in [2.75, 3.05) is 19.7 Å². The van der Waals surface area contributed by atoms with Crippen LogP contribution in [0, 0.1) is 6.92 Å². The van der Waals surface area contributed by atoms with Crippen LogP contribution in [0.15, 0.2) is 18.2 Å². The van der Waals surface area contributed by atoms with Crippen LogP contribution in [0.2, 0.25) is 0 Å². The van der Waals surface area contributed by atoms with Crippen molar-refractivity contribution >= 4 is 5.91 Å². The predicted molar refractivity (Wildman–Crippen MR) is 78.7 cm³/mol. The van der Waals surface area contributed by atoms with Gasteiger partial charge in [0.25, 0.3) is 5.91 Å². The third-order valence-electron chi connectivity index (χ3n) is 3.34. The van der Waals surface area contributed by atoms with Crippen LogP contribution in [0.4, 0.5) is 0 Å². The van der Waals surface area contributed by atoms with E-state index in [1.54, 1.807) is 4.90 Å². The molecule has 1 aromatic rings. The number of carbonyl (C=O) groups is 1. The molecule has 19 heavy (non-hydrogen) atoms. The number of rotatable bonds is 6. The van der Waals surface area contributed by atoms with Gasteiger partial charge in [0.1, 0.15) is 5.75 Å². The molecule has 0 saturated heterocycles. The number of nitrogens with zero attached hydrogens (tertiary/aromatic N) is 1. The summed E-state index contributed by atoms with van der Waals surface area (Å²) in [6.07, 6.45) is 0. The van der Waals surface area contributed by atoms with Gasteiger partial charge in [-0.3, -0.25) is 4.79 Å². The zero-order valence-electron chi connectivity index (χ0n) is 12.7. The fraction of sp³-hybridized carbons (Fsp3) is 0.562. The molecule has 1 aromatic carbocycles. The topological polar surface area (TPSA) is 29.5 Å². The number of amides is 1. The highest BCUT2D eigenvalue weighted by Crippen LogP contribution is 2.23. The van der Waals surface area contributed by atoms with E-state index in [1.165, 1.54) is 11.1 Å². The standard InChI is InChI=1S/C16H25NO2/c1-6-17(7-2)16(18)11-19-14-8-9-15(12(3)4)13(5)10-14/h8-10,12H,6-7,11H2,1-5H3. The zero-order valence-corrected chi connectivity index (χ0v) is 12.7. The monoisotopic (exact) mass is 263 g/mol. The van der Waals surface area contributed by atoms with Gasteiger partial charge >= 0.3 is 0 Å². The summed E-state index contributed by atoms with van der Waals surface area (Å²) in [4.78, 5) is 13.6. The van der Waals surface area contributed by atoms with Gasteiger partial charge < -0.3 is 9.64 Å². The normalized spacial score (nSPS) is 10.6. The first-order chi connectivity index (χ1) is 8.99. The van der Waals surface area contributed by atoms with Crippen molar-refractivity contribution in [1.29, 1.82) is 0 Å². The summed E-state index contributed by atoms with van der Waals surface area (Å²) >= 11 is 0. The third kappa shape index (κ3) is 4.27. The molecule has 0 aliphatic heterocycles. The smallest absolute Gasteiger partial charge is 0.260 e. The molecule has 0 atom stereocenters. The molecule has 0 saturated carbocycles. The highest BCUT2D eigenvalue weighted by atomic mass is 16.5. The highest BCUT2D eigenvalue weighted by Gasteiger charge is 2.11. The molecule has 0 fully saturated rings. The van der Waals surface area contributed by atoms with E-state index in [2.05, 4.69) is 26.8 Å². The van der Waals surface area contributed by atoms with E-state index < -0.39 is 0 Å². The number of benzene rings is 1. The number of hydrogen-bond donors (Lipinski definition) is 0. The van der Waals surface area contributed by atoms with Crippen molar-refractivity contribution in [3.05, 3.63) is 29.3 Å². The maximum atomic E-state index is 11.8. The molecular weight excluding hydrogens is 238 g/mol. The van der Waals surface area contributed by atoms with Crippen molar-refractivity contribution in [3.63, 3.8) is 0 Å². The maximum absolute atomic E-state index is 11.8. The first kappa shape index (κ1) is 15.5. The lowest BCUT2D eigenvalue weighted by Gasteiger charge is -2.19. The Bertz CT molecular complexity index is 423. The minimum atomic E-state index is 0.0376. The largest absolute Gasteiger partial charge is 0.484 e. The molecule has 0 unspecified atom stereocenters. The van der Waals surface area contributed by atoms with Crippen molar-refractivity contribution in [2.24, 2.45) is 0 Å². The van der Waals surface area contributed by atoms with E-state index in [0.29, 0.717) is 5.92 Å². The number of ether oxygens (including phenoxy) is 1. The predicted octanol–water partition coefficient (Wildman–Crippen LogP) is 3.37. The molecule has 0 radical (unpaired) electrons. The molecule has 0 aromatic heterocycles. The Morgan fingerprint density at radius 1 is 1.26 bits per heavy atom. The minimum absolute atomic E-state index is 0.0376. The van der Waals surface area contributed by atoms with Crippen LogP contribution in [0.25, 0.3) is 0 Å². The van der Waals surface area contributed by atoms with Gasteiger partial charge in [0.05, 0.1) is 0 Å². The summed E-state index contributed by atoms with van der Waals surface area (Å²) in [5.74, 6) is 1.31. The SMILES string of the molecule is CCN(CC)C(=O)COc1ccc(C(C)C)c(C)c1. The van der Waals surface area contributed by atoms with Gasteiger partial charge in [-0.15, -0.1) is 0 Å². The molecule has 0 N–H and O–H groups in total. The Hall–Kier alpha value is -1.51. The van der Waals surface area contributed by atoms with Gasteiger partial charge in [-0.2, -0.15) is 0 Å². The van der Waals surface area contributed by atoms with Gasteiger partial charge in [0.15, 0.2) is 6.61 Å².